The number of hydrogen-bond donors (Lipinski definition) is 9. The maximum absolute atomic E-state index is 13.4. The molecule has 0 aliphatic carbocycles. The van der Waals surface area contributed by atoms with Gasteiger partial charge in [0.15, 0.2) is 48.0 Å². The first-order valence-electron chi connectivity index (χ1n) is 17.4. The lowest BCUT2D eigenvalue weighted by Gasteiger charge is -2.47. The standard InChI is InChI=1S/C36H48O19/c1-16-26(41)28(43)30(45)36(52-16)55-33-31(46)35(49-11-10-18-5-8-22(47-2)20(38)12-18)53-24(15-51-34-29(44)27(42)21(39)14-50-34)32(33)54-25(40)9-6-17-4-7-19(37)23(13-17)48-3/h4-9,12-13,16,21,24,26-39,41-46H,10-11,14-15H2,1-3H3/b9-6+/t16-,21+,24+,26-,27-,28+,29-,30+,31+,32+,33+,34-,35+,36-/m0/s1. The van der Waals surface area contributed by atoms with Crippen molar-refractivity contribution in [3.63, 3.8) is 0 Å². The van der Waals surface area contributed by atoms with Crippen molar-refractivity contribution in [2.24, 2.45) is 0 Å². The first-order chi connectivity index (χ1) is 26.2. The molecule has 0 saturated carbocycles. The number of phenols is 2. The van der Waals surface area contributed by atoms with E-state index in [1.54, 1.807) is 12.1 Å². The Labute approximate surface area is 315 Å². The summed E-state index contributed by atoms with van der Waals surface area (Å²) in [5, 5.41) is 93.9. The summed E-state index contributed by atoms with van der Waals surface area (Å²) in [5.41, 5.74) is 1.06. The molecule has 14 atom stereocenters. The van der Waals surface area contributed by atoms with Gasteiger partial charge in [0.25, 0.3) is 0 Å². The Morgan fingerprint density at radius 3 is 2.20 bits per heavy atom. The zero-order valence-electron chi connectivity index (χ0n) is 30.1. The average Bonchev–Trinajstić information content (AvgIpc) is 3.17. The molecule has 306 valence electrons. The molecule has 19 nitrogen and oxygen atoms in total. The number of aliphatic hydroxyl groups excluding tert-OH is 7. The Hall–Kier alpha value is -3.67. The van der Waals surface area contributed by atoms with Gasteiger partial charge < -0.3 is 88.6 Å². The van der Waals surface area contributed by atoms with Crippen LogP contribution in [0, 0.1) is 0 Å². The Bertz CT molecular complexity index is 1590. The van der Waals surface area contributed by atoms with Crippen LogP contribution in [0.2, 0.25) is 0 Å². The Morgan fingerprint density at radius 1 is 0.764 bits per heavy atom. The molecule has 0 spiro atoms. The van der Waals surface area contributed by atoms with E-state index in [0.717, 1.165) is 6.08 Å². The third-order valence-electron chi connectivity index (χ3n) is 9.38. The summed E-state index contributed by atoms with van der Waals surface area (Å²) < 4.78 is 50.6. The van der Waals surface area contributed by atoms with Crippen LogP contribution < -0.4 is 9.47 Å². The lowest BCUT2D eigenvalue weighted by Crippen LogP contribution is -2.65. The zero-order chi connectivity index (χ0) is 40.0. The highest BCUT2D eigenvalue weighted by molar-refractivity contribution is 5.87. The normalized spacial score (nSPS) is 35.4. The van der Waals surface area contributed by atoms with E-state index in [-0.39, 0.29) is 42.6 Å². The smallest absolute Gasteiger partial charge is 0.331 e. The number of benzene rings is 2. The second-order valence-corrected chi connectivity index (χ2v) is 13.2. The fraction of sp³-hybridized carbons (Fsp3) is 0.583. The summed E-state index contributed by atoms with van der Waals surface area (Å²) in [6.45, 7) is 0.361. The summed E-state index contributed by atoms with van der Waals surface area (Å²) >= 11 is 0. The van der Waals surface area contributed by atoms with Crippen LogP contribution in [0.1, 0.15) is 18.1 Å². The number of carbonyl (C=O) groups excluding carboxylic acids is 1. The second kappa shape index (κ2) is 19.0. The van der Waals surface area contributed by atoms with Gasteiger partial charge >= 0.3 is 5.97 Å². The lowest BCUT2D eigenvalue weighted by molar-refractivity contribution is -0.362. The molecule has 3 aliphatic heterocycles. The number of hydrogen-bond acceptors (Lipinski definition) is 19. The first-order valence-corrected chi connectivity index (χ1v) is 17.4. The van der Waals surface area contributed by atoms with Crippen LogP contribution in [0.5, 0.6) is 23.0 Å². The number of rotatable bonds is 14. The highest BCUT2D eigenvalue weighted by atomic mass is 16.8. The van der Waals surface area contributed by atoms with Gasteiger partial charge in [0.1, 0.15) is 54.9 Å². The molecule has 0 unspecified atom stereocenters. The Balaban J connectivity index is 1.42. The average molecular weight is 785 g/mol. The maximum Gasteiger partial charge on any atom is 0.331 e. The molecule has 5 rings (SSSR count). The molecule has 3 aliphatic rings. The van der Waals surface area contributed by atoms with Gasteiger partial charge in [-0.1, -0.05) is 12.1 Å². The molecule has 0 aromatic heterocycles. The third-order valence-corrected chi connectivity index (χ3v) is 9.38. The maximum atomic E-state index is 13.4. The van der Waals surface area contributed by atoms with Crippen molar-refractivity contribution >= 4 is 12.0 Å². The van der Waals surface area contributed by atoms with Crippen molar-refractivity contribution in [2.45, 2.75) is 99.4 Å². The predicted octanol–water partition coefficient (Wildman–Crippen LogP) is -1.95. The van der Waals surface area contributed by atoms with Crippen molar-refractivity contribution < 1.29 is 93.4 Å². The van der Waals surface area contributed by atoms with E-state index < -0.39 is 98.6 Å². The summed E-state index contributed by atoms with van der Waals surface area (Å²) in [6.07, 6.45) is -19.4. The molecule has 3 heterocycles. The molecule has 55 heavy (non-hydrogen) atoms. The molecule has 3 fully saturated rings. The molecule has 0 bridgehead atoms. The second-order valence-electron chi connectivity index (χ2n) is 13.2. The van der Waals surface area contributed by atoms with Gasteiger partial charge in [-0.15, -0.1) is 0 Å². The number of carbonyl (C=O) groups is 1. The van der Waals surface area contributed by atoms with Gasteiger partial charge in [0.05, 0.1) is 40.1 Å². The third kappa shape index (κ3) is 10.2. The van der Waals surface area contributed by atoms with Gasteiger partial charge in [-0.3, -0.25) is 0 Å². The van der Waals surface area contributed by atoms with E-state index in [1.807, 2.05) is 0 Å². The minimum absolute atomic E-state index is 0.101. The van der Waals surface area contributed by atoms with Crippen LogP contribution in [0.15, 0.2) is 42.5 Å². The SMILES string of the molecule is COc1ccc(CCO[C@@H]2O[C@H](CO[C@@H]3OC[C@@H](O)[C@H](O)[C@@H]3O)[C@@H](OC(=O)/C=C/c3ccc(O)c(OC)c3)[C@H](O[C@@H]3O[C@@H](C)[C@H](O)[C@@H](O)[C@H]3O)[C@H]2O)cc1O. The topological polar surface area (TPSA) is 282 Å². The summed E-state index contributed by atoms with van der Waals surface area (Å²) in [7, 11) is 2.75. The lowest BCUT2D eigenvalue weighted by atomic mass is 9.96. The number of aromatic hydroxyl groups is 2. The predicted molar refractivity (Wildman–Crippen MR) is 183 cm³/mol. The van der Waals surface area contributed by atoms with Crippen molar-refractivity contribution in [1.29, 1.82) is 0 Å². The largest absolute Gasteiger partial charge is 0.504 e. The Kier molecular flexibility index (Phi) is 14.7. The van der Waals surface area contributed by atoms with E-state index in [1.165, 1.54) is 51.5 Å². The zero-order valence-corrected chi connectivity index (χ0v) is 30.1. The summed E-state index contributed by atoms with van der Waals surface area (Å²) in [6, 6.07) is 9.00. The van der Waals surface area contributed by atoms with Crippen LogP contribution >= 0.6 is 0 Å². The molecule has 0 amide bonds. The van der Waals surface area contributed by atoms with E-state index in [9.17, 15) is 50.8 Å². The van der Waals surface area contributed by atoms with Gasteiger partial charge in [-0.2, -0.15) is 0 Å². The van der Waals surface area contributed by atoms with Gasteiger partial charge in [-0.25, -0.2) is 4.79 Å². The van der Waals surface area contributed by atoms with Crippen LogP contribution in [0.4, 0.5) is 0 Å². The molecule has 2 aromatic rings. The van der Waals surface area contributed by atoms with Crippen molar-refractivity contribution in [3.8, 4) is 23.0 Å². The van der Waals surface area contributed by atoms with Crippen molar-refractivity contribution in [2.75, 3.05) is 34.0 Å². The van der Waals surface area contributed by atoms with E-state index >= 15 is 0 Å². The van der Waals surface area contributed by atoms with Crippen LogP contribution in [0.25, 0.3) is 6.08 Å². The van der Waals surface area contributed by atoms with Gasteiger partial charge in [0.2, 0.25) is 0 Å². The molecular weight excluding hydrogens is 736 g/mol. The van der Waals surface area contributed by atoms with E-state index in [2.05, 4.69) is 0 Å². The molecule has 3 saturated heterocycles. The highest BCUT2D eigenvalue weighted by Gasteiger charge is 2.53. The van der Waals surface area contributed by atoms with Crippen LogP contribution in [-0.2, 0) is 44.4 Å². The molecule has 2 aromatic carbocycles. The summed E-state index contributed by atoms with van der Waals surface area (Å²) in [5.74, 6) is -0.848. The first kappa shape index (κ1) is 42.5. The Morgan fingerprint density at radius 2 is 1.49 bits per heavy atom. The van der Waals surface area contributed by atoms with E-state index in [0.29, 0.717) is 11.1 Å². The van der Waals surface area contributed by atoms with Gasteiger partial charge in [0, 0.05) is 6.08 Å². The monoisotopic (exact) mass is 784 g/mol. The molecule has 0 radical (unpaired) electrons. The van der Waals surface area contributed by atoms with Crippen LogP contribution in [-0.4, -0.2) is 172 Å². The number of methoxy groups -OCH3 is 2. The summed E-state index contributed by atoms with van der Waals surface area (Å²) in [4.78, 5) is 13.4. The van der Waals surface area contributed by atoms with E-state index in [4.69, 9.17) is 42.6 Å². The number of esters is 1. The number of aliphatic hydroxyl groups is 7. The number of ether oxygens (including phenoxy) is 9. The minimum Gasteiger partial charge on any atom is -0.504 e. The van der Waals surface area contributed by atoms with Crippen molar-refractivity contribution in [1.82, 2.24) is 0 Å². The molecular formula is C36H48O19. The van der Waals surface area contributed by atoms with Gasteiger partial charge in [-0.05, 0) is 54.8 Å². The van der Waals surface area contributed by atoms with Crippen LogP contribution in [0.3, 0.4) is 0 Å². The highest BCUT2D eigenvalue weighted by Crippen LogP contribution is 2.33. The molecule has 19 heteroatoms. The fourth-order valence-corrected chi connectivity index (χ4v) is 6.18. The van der Waals surface area contributed by atoms with Crippen molar-refractivity contribution in [3.05, 3.63) is 53.6 Å². The molecule has 9 N–H and O–H groups in total. The quantitative estimate of drug-likeness (QED) is 0.0744. The minimum atomic E-state index is -1.84. The fourth-order valence-electron chi connectivity index (χ4n) is 6.18. The number of phenolic OH excluding ortho intramolecular Hbond substituents is 2.